The van der Waals surface area contributed by atoms with Gasteiger partial charge in [0.25, 0.3) is 0 Å². The minimum absolute atomic E-state index is 0.0811. The lowest BCUT2D eigenvalue weighted by molar-refractivity contribution is -0.385. The molecule has 0 radical (unpaired) electrons. The van der Waals surface area contributed by atoms with E-state index >= 15 is 0 Å². The molecular weight excluding hydrogens is 292 g/mol. The number of nitro groups is 1. The number of ether oxygens (including phenoxy) is 1. The molecule has 6 heteroatoms. The standard InChI is InChI=1S/C15H15ClN2O3/c1-9-3-6-15(14(7-9)18(19)20)21-11-4-5-12(10(2)17)13(16)8-11/h3-8,10H,17H2,1-2H3. The summed E-state index contributed by atoms with van der Waals surface area (Å²) in [7, 11) is 0. The summed E-state index contributed by atoms with van der Waals surface area (Å²) in [5.41, 5.74) is 7.29. The van der Waals surface area contributed by atoms with E-state index in [1.165, 1.54) is 6.07 Å². The highest BCUT2D eigenvalue weighted by molar-refractivity contribution is 6.31. The van der Waals surface area contributed by atoms with Crippen LogP contribution in [0.3, 0.4) is 0 Å². The highest BCUT2D eigenvalue weighted by Gasteiger charge is 2.16. The van der Waals surface area contributed by atoms with Gasteiger partial charge in [0.15, 0.2) is 0 Å². The van der Waals surface area contributed by atoms with Crippen LogP contribution in [0.2, 0.25) is 5.02 Å². The zero-order chi connectivity index (χ0) is 15.6. The summed E-state index contributed by atoms with van der Waals surface area (Å²) in [6.45, 7) is 3.61. The Hall–Kier alpha value is -2.11. The van der Waals surface area contributed by atoms with Gasteiger partial charge >= 0.3 is 5.69 Å². The summed E-state index contributed by atoms with van der Waals surface area (Å²) in [6.07, 6.45) is 0. The molecule has 0 aliphatic heterocycles. The smallest absolute Gasteiger partial charge is 0.311 e. The predicted molar refractivity (Wildman–Crippen MR) is 82.0 cm³/mol. The first-order valence-corrected chi connectivity index (χ1v) is 6.74. The number of nitro benzene ring substituents is 1. The maximum Gasteiger partial charge on any atom is 0.311 e. The SMILES string of the molecule is Cc1ccc(Oc2ccc(C(C)N)c(Cl)c2)c([N+](=O)[O-])c1. The van der Waals surface area contributed by atoms with Gasteiger partial charge in [-0.2, -0.15) is 0 Å². The first-order valence-electron chi connectivity index (χ1n) is 6.36. The van der Waals surface area contributed by atoms with Crippen molar-refractivity contribution in [2.45, 2.75) is 19.9 Å². The van der Waals surface area contributed by atoms with E-state index in [0.29, 0.717) is 10.8 Å². The fourth-order valence-electron chi connectivity index (χ4n) is 1.92. The minimum atomic E-state index is -0.472. The fourth-order valence-corrected chi connectivity index (χ4v) is 2.27. The number of hydrogen-bond donors (Lipinski definition) is 1. The van der Waals surface area contributed by atoms with Gasteiger partial charge in [-0.15, -0.1) is 0 Å². The van der Waals surface area contributed by atoms with Crippen molar-refractivity contribution in [3.8, 4) is 11.5 Å². The molecule has 0 spiro atoms. The third-order valence-electron chi connectivity index (χ3n) is 3.00. The summed E-state index contributed by atoms with van der Waals surface area (Å²) < 4.78 is 5.57. The number of halogens is 1. The van der Waals surface area contributed by atoms with Crippen LogP contribution >= 0.6 is 11.6 Å². The maximum absolute atomic E-state index is 11.1. The van der Waals surface area contributed by atoms with E-state index in [0.717, 1.165) is 11.1 Å². The molecule has 0 aromatic heterocycles. The molecule has 2 rings (SSSR count). The molecule has 5 nitrogen and oxygen atoms in total. The van der Waals surface area contributed by atoms with Crippen molar-refractivity contribution in [1.82, 2.24) is 0 Å². The molecule has 0 aliphatic carbocycles. The fraction of sp³-hybridized carbons (Fsp3) is 0.200. The average molecular weight is 307 g/mol. The molecule has 0 heterocycles. The van der Waals surface area contributed by atoms with Crippen molar-refractivity contribution in [3.63, 3.8) is 0 Å². The Labute approximate surface area is 127 Å². The van der Waals surface area contributed by atoms with Crippen LogP contribution in [0, 0.1) is 17.0 Å². The van der Waals surface area contributed by atoms with Crippen molar-refractivity contribution in [2.24, 2.45) is 5.73 Å². The van der Waals surface area contributed by atoms with Gasteiger partial charge < -0.3 is 10.5 Å². The Balaban J connectivity index is 2.35. The third-order valence-corrected chi connectivity index (χ3v) is 3.33. The molecule has 1 unspecified atom stereocenters. The molecule has 0 bridgehead atoms. The lowest BCUT2D eigenvalue weighted by atomic mass is 10.1. The highest BCUT2D eigenvalue weighted by atomic mass is 35.5. The van der Waals surface area contributed by atoms with Crippen molar-refractivity contribution in [2.75, 3.05) is 0 Å². The largest absolute Gasteiger partial charge is 0.450 e. The Kier molecular flexibility index (Phi) is 4.45. The molecule has 110 valence electrons. The van der Waals surface area contributed by atoms with E-state index in [2.05, 4.69) is 0 Å². The number of benzene rings is 2. The Bertz CT molecular complexity index is 687. The molecule has 0 aliphatic rings. The number of rotatable bonds is 4. The van der Waals surface area contributed by atoms with Crippen LogP contribution in [-0.4, -0.2) is 4.92 Å². The van der Waals surface area contributed by atoms with Gasteiger partial charge in [-0.3, -0.25) is 10.1 Å². The molecule has 21 heavy (non-hydrogen) atoms. The van der Waals surface area contributed by atoms with Gasteiger partial charge in [0, 0.05) is 17.1 Å². The second kappa shape index (κ2) is 6.11. The average Bonchev–Trinajstić information content (AvgIpc) is 2.40. The highest BCUT2D eigenvalue weighted by Crippen LogP contribution is 2.34. The minimum Gasteiger partial charge on any atom is -0.450 e. The molecule has 2 aromatic carbocycles. The molecule has 0 amide bonds. The Morgan fingerprint density at radius 3 is 2.57 bits per heavy atom. The molecule has 1 atom stereocenters. The Morgan fingerprint density at radius 2 is 2.00 bits per heavy atom. The maximum atomic E-state index is 11.1. The number of aryl methyl sites for hydroxylation is 1. The molecule has 0 saturated carbocycles. The molecule has 0 saturated heterocycles. The normalized spacial score (nSPS) is 12.0. The van der Waals surface area contributed by atoms with E-state index in [1.807, 2.05) is 6.92 Å². The van der Waals surface area contributed by atoms with Crippen molar-refractivity contribution in [3.05, 3.63) is 62.7 Å². The van der Waals surface area contributed by atoms with E-state index in [4.69, 9.17) is 22.1 Å². The van der Waals surface area contributed by atoms with Crippen LogP contribution in [0.5, 0.6) is 11.5 Å². The molecule has 2 N–H and O–H groups in total. The van der Waals surface area contributed by atoms with Gasteiger partial charge in [0.1, 0.15) is 5.75 Å². The van der Waals surface area contributed by atoms with Crippen molar-refractivity contribution >= 4 is 17.3 Å². The molecular formula is C15H15ClN2O3. The van der Waals surface area contributed by atoms with Crippen LogP contribution in [0.1, 0.15) is 24.1 Å². The topological polar surface area (TPSA) is 78.4 Å². The summed E-state index contributed by atoms with van der Waals surface area (Å²) in [5, 5.41) is 11.5. The van der Waals surface area contributed by atoms with E-state index in [1.54, 1.807) is 37.3 Å². The second-order valence-electron chi connectivity index (χ2n) is 4.80. The molecule has 0 fully saturated rings. The van der Waals surface area contributed by atoms with E-state index in [-0.39, 0.29) is 17.5 Å². The lowest BCUT2D eigenvalue weighted by Crippen LogP contribution is -2.05. The van der Waals surface area contributed by atoms with Crippen LogP contribution in [0.15, 0.2) is 36.4 Å². The van der Waals surface area contributed by atoms with E-state index in [9.17, 15) is 10.1 Å². The zero-order valence-corrected chi connectivity index (χ0v) is 12.4. The summed E-state index contributed by atoms with van der Waals surface area (Å²) in [5.74, 6) is 0.603. The quantitative estimate of drug-likeness (QED) is 0.672. The van der Waals surface area contributed by atoms with Crippen molar-refractivity contribution < 1.29 is 9.66 Å². The zero-order valence-electron chi connectivity index (χ0n) is 11.7. The van der Waals surface area contributed by atoms with Gasteiger partial charge in [0.2, 0.25) is 5.75 Å². The summed E-state index contributed by atoms with van der Waals surface area (Å²) in [4.78, 5) is 10.6. The summed E-state index contributed by atoms with van der Waals surface area (Å²) in [6, 6.07) is 9.63. The lowest BCUT2D eigenvalue weighted by Gasteiger charge is -2.11. The van der Waals surface area contributed by atoms with Gasteiger partial charge in [0.05, 0.1) is 4.92 Å². The first-order chi connectivity index (χ1) is 9.88. The van der Waals surface area contributed by atoms with Gasteiger partial charge in [-0.1, -0.05) is 23.7 Å². The number of nitrogens with two attached hydrogens (primary N) is 1. The first kappa shape index (κ1) is 15.3. The second-order valence-corrected chi connectivity index (χ2v) is 5.21. The predicted octanol–water partition coefficient (Wildman–Crippen LogP) is 4.37. The van der Waals surface area contributed by atoms with Crippen molar-refractivity contribution in [1.29, 1.82) is 0 Å². The third kappa shape index (κ3) is 3.51. The van der Waals surface area contributed by atoms with Crippen LogP contribution in [0.4, 0.5) is 5.69 Å². The van der Waals surface area contributed by atoms with E-state index < -0.39 is 4.92 Å². The van der Waals surface area contributed by atoms with Crippen LogP contribution < -0.4 is 10.5 Å². The van der Waals surface area contributed by atoms with Crippen LogP contribution in [0.25, 0.3) is 0 Å². The van der Waals surface area contributed by atoms with Gasteiger partial charge in [-0.05, 0) is 43.2 Å². The Morgan fingerprint density at radius 1 is 1.29 bits per heavy atom. The molecule has 2 aromatic rings. The number of nitrogens with zero attached hydrogens (tertiary/aromatic N) is 1. The van der Waals surface area contributed by atoms with Gasteiger partial charge in [-0.25, -0.2) is 0 Å². The summed E-state index contributed by atoms with van der Waals surface area (Å²) >= 11 is 6.12. The monoisotopic (exact) mass is 306 g/mol. The number of hydrogen-bond acceptors (Lipinski definition) is 4. The van der Waals surface area contributed by atoms with Crippen LogP contribution in [-0.2, 0) is 0 Å².